The largest absolute Gasteiger partial charge is 0.497 e. The first-order chi connectivity index (χ1) is 10.6. The zero-order chi connectivity index (χ0) is 15.9. The van der Waals surface area contributed by atoms with E-state index in [1.807, 2.05) is 0 Å². The fourth-order valence-corrected chi connectivity index (χ4v) is 3.13. The van der Waals surface area contributed by atoms with Gasteiger partial charge in [-0.15, -0.1) is 0 Å². The van der Waals surface area contributed by atoms with Gasteiger partial charge in [-0.05, 0) is 12.1 Å². The quantitative estimate of drug-likeness (QED) is 0.713. The summed E-state index contributed by atoms with van der Waals surface area (Å²) in [5.41, 5.74) is 0.752. The van der Waals surface area contributed by atoms with Crippen LogP contribution in [-0.2, 0) is 9.47 Å². The van der Waals surface area contributed by atoms with Crippen molar-refractivity contribution >= 4 is 0 Å². The van der Waals surface area contributed by atoms with Gasteiger partial charge in [0.25, 0.3) is 0 Å². The van der Waals surface area contributed by atoms with Gasteiger partial charge >= 0.3 is 0 Å². The monoisotopic (exact) mass is 312 g/mol. The molecule has 3 N–H and O–H groups in total. The lowest BCUT2D eigenvalue weighted by Gasteiger charge is -2.47. The molecule has 3 rings (SSSR count). The average Bonchev–Trinajstić information content (AvgIpc) is 2.55. The number of ether oxygens (including phenoxy) is 4. The predicted molar refractivity (Wildman–Crippen MR) is 74.6 cm³/mol. The van der Waals surface area contributed by atoms with Crippen LogP contribution in [0.1, 0.15) is 11.7 Å². The molecule has 0 radical (unpaired) electrons. The van der Waals surface area contributed by atoms with Crippen molar-refractivity contribution < 1.29 is 34.3 Å². The molecule has 1 saturated heterocycles. The minimum Gasteiger partial charge on any atom is -0.497 e. The first kappa shape index (κ1) is 15.5. The highest BCUT2D eigenvalue weighted by Crippen LogP contribution is 2.46. The number of hydrogen-bond acceptors (Lipinski definition) is 7. The Hall–Kier alpha value is -1.38. The summed E-state index contributed by atoms with van der Waals surface area (Å²) in [7, 11) is 3.08. The first-order valence-electron chi connectivity index (χ1n) is 7.10. The summed E-state index contributed by atoms with van der Waals surface area (Å²) < 4.78 is 22.1. The second kappa shape index (κ2) is 6.02. The topological polar surface area (TPSA) is 97.6 Å². The molecular formula is C15H20O7. The Balaban J connectivity index is 1.99. The van der Waals surface area contributed by atoms with Crippen molar-refractivity contribution in [3.05, 3.63) is 23.8 Å². The van der Waals surface area contributed by atoms with E-state index in [0.717, 1.165) is 5.56 Å². The summed E-state index contributed by atoms with van der Waals surface area (Å²) in [6.07, 6.45) is -4.55. The Morgan fingerprint density at radius 3 is 2.59 bits per heavy atom. The summed E-state index contributed by atoms with van der Waals surface area (Å²) in [6, 6.07) is 5.29. The Bertz CT molecular complexity index is 535. The van der Waals surface area contributed by atoms with Crippen LogP contribution in [0.15, 0.2) is 18.2 Å². The van der Waals surface area contributed by atoms with Crippen molar-refractivity contribution in [3.8, 4) is 11.5 Å². The molecule has 0 bridgehead atoms. The van der Waals surface area contributed by atoms with Gasteiger partial charge in [0.1, 0.15) is 23.7 Å². The normalized spacial score (nSPS) is 37.0. The van der Waals surface area contributed by atoms with E-state index in [1.54, 1.807) is 25.3 Å². The van der Waals surface area contributed by atoms with Crippen LogP contribution in [0.2, 0.25) is 0 Å². The van der Waals surface area contributed by atoms with Gasteiger partial charge in [0, 0.05) is 18.7 Å². The average molecular weight is 312 g/mol. The molecular weight excluding hydrogens is 292 g/mol. The molecule has 2 heterocycles. The van der Waals surface area contributed by atoms with Crippen molar-refractivity contribution in [3.63, 3.8) is 0 Å². The summed E-state index contributed by atoms with van der Waals surface area (Å²) in [5, 5.41) is 29.7. The third-order valence-corrected chi connectivity index (χ3v) is 4.30. The number of aliphatic hydroxyl groups excluding tert-OH is 3. The molecule has 0 spiro atoms. The zero-order valence-corrected chi connectivity index (χ0v) is 12.4. The molecule has 1 fully saturated rings. The summed E-state index contributed by atoms with van der Waals surface area (Å²) >= 11 is 0. The van der Waals surface area contributed by atoms with Crippen LogP contribution in [0.5, 0.6) is 11.5 Å². The summed E-state index contributed by atoms with van der Waals surface area (Å²) in [5.74, 6) is 0.568. The maximum atomic E-state index is 10.4. The summed E-state index contributed by atoms with van der Waals surface area (Å²) in [6.45, 7) is -0.409. The molecule has 1 aromatic carbocycles. The van der Waals surface area contributed by atoms with E-state index in [2.05, 4.69) is 0 Å². The van der Waals surface area contributed by atoms with Gasteiger partial charge in [-0.25, -0.2) is 0 Å². The molecule has 2 aliphatic heterocycles. The van der Waals surface area contributed by atoms with Gasteiger partial charge in [0.2, 0.25) is 6.29 Å². The van der Waals surface area contributed by atoms with E-state index in [9.17, 15) is 15.3 Å². The van der Waals surface area contributed by atoms with Gasteiger partial charge < -0.3 is 34.3 Å². The molecule has 1 aromatic rings. The van der Waals surface area contributed by atoms with Crippen LogP contribution < -0.4 is 9.47 Å². The number of fused-ring (bicyclic) bond motifs is 2. The van der Waals surface area contributed by atoms with Crippen molar-refractivity contribution in [2.45, 2.75) is 30.7 Å². The number of methoxy groups -OCH3 is 2. The lowest BCUT2D eigenvalue weighted by molar-refractivity contribution is -0.285. The van der Waals surface area contributed by atoms with Crippen molar-refractivity contribution in [1.82, 2.24) is 0 Å². The third kappa shape index (κ3) is 2.35. The first-order valence-corrected chi connectivity index (χ1v) is 7.10. The van der Waals surface area contributed by atoms with Gasteiger partial charge in [0.15, 0.2) is 0 Å². The third-order valence-electron chi connectivity index (χ3n) is 4.30. The molecule has 2 aliphatic rings. The highest BCUT2D eigenvalue weighted by atomic mass is 16.7. The van der Waals surface area contributed by atoms with E-state index in [4.69, 9.17) is 18.9 Å². The molecule has 7 heteroatoms. The summed E-state index contributed by atoms with van der Waals surface area (Å²) in [4.78, 5) is 0. The van der Waals surface area contributed by atoms with Crippen LogP contribution in [0.25, 0.3) is 0 Å². The van der Waals surface area contributed by atoms with Gasteiger partial charge in [-0.3, -0.25) is 0 Å². The zero-order valence-electron chi connectivity index (χ0n) is 12.4. The van der Waals surface area contributed by atoms with E-state index in [1.165, 1.54) is 7.11 Å². The molecule has 6 atom stereocenters. The molecule has 22 heavy (non-hydrogen) atoms. The highest BCUT2D eigenvalue weighted by molar-refractivity contribution is 5.44. The standard InChI is InChI=1S/C15H20O7/c1-19-7-3-4-8-9(5-7)21-15-11(14(8)20-2)13(18)12(17)10(6-16)22-15/h3-5,10-18H,6H2,1-2H3/t10-,11?,12+,13-,14+,15?/m1/s1. The second-order valence-corrected chi connectivity index (χ2v) is 5.46. The smallest absolute Gasteiger partial charge is 0.208 e. The van der Waals surface area contributed by atoms with E-state index >= 15 is 0 Å². The second-order valence-electron chi connectivity index (χ2n) is 5.46. The van der Waals surface area contributed by atoms with E-state index < -0.39 is 43.2 Å². The molecule has 0 amide bonds. The van der Waals surface area contributed by atoms with Gasteiger partial charge in [0.05, 0.1) is 31.8 Å². The fraction of sp³-hybridized carbons (Fsp3) is 0.600. The van der Waals surface area contributed by atoms with Crippen LogP contribution in [0.3, 0.4) is 0 Å². The number of rotatable bonds is 3. The maximum absolute atomic E-state index is 10.4. The fourth-order valence-electron chi connectivity index (χ4n) is 3.13. The van der Waals surface area contributed by atoms with Crippen molar-refractivity contribution in [2.24, 2.45) is 5.92 Å². The highest BCUT2D eigenvalue weighted by Gasteiger charge is 2.52. The van der Waals surface area contributed by atoms with E-state index in [0.29, 0.717) is 11.5 Å². The van der Waals surface area contributed by atoms with Crippen LogP contribution in [-0.4, -0.2) is 60.7 Å². The Kier molecular flexibility index (Phi) is 4.24. The van der Waals surface area contributed by atoms with Crippen molar-refractivity contribution in [1.29, 1.82) is 0 Å². The van der Waals surface area contributed by atoms with E-state index in [-0.39, 0.29) is 0 Å². The molecule has 0 aliphatic carbocycles. The lowest BCUT2D eigenvalue weighted by atomic mass is 9.82. The van der Waals surface area contributed by atoms with Crippen LogP contribution >= 0.6 is 0 Å². The molecule has 0 aromatic heterocycles. The Morgan fingerprint density at radius 2 is 1.95 bits per heavy atom. The Labute approximate surface area is 128 Å². The van der Waals surface area contributed by atoms with Gasteiger partial charge in [-0.1, -0.05) is 0 Å². The predicted octanol–water partition coefficient (Wildman–Crippen LogP) is -0.170. The lowest BCUT2D eigenvalue weighted by Crippen LogP contribution is -2.60. The molecule has 122 valence electrons. The minimum atomic E-state index is -1.20. The van der Waals surface area contributed by atoms with Crippen molar-refractivity contribution in [2.75, 3.05) is 20.8 Å². The molecule has 0 saturated carbocycles. The maximum Gasteiger partial charge on any atom is 0.208 e. The molecule has 7 nitrogen and oxygen atoms in total. The molecule has 2 unspecified atom stereocenters. The SMILES string of the molecule is COc1ccc2c(c1)OC1O[C@H](CO)[C@H](O)[C@H](O)C1[C@H]2OC. The number of aliphatic hydroxyl groups is 3. The van der Waals surface area contributed by atoms with Gasteiger partial charge in [-0.2, -0.15) is 0 Å². The minimum absolute atomic E-state index is 0.409. The number of benzene rings is 1. The van der Waals surface area contributed by atoms with Crippen LogP contribution in [0, 0.1) is 5.92 Å². The van der Waals surface area contributed by atoms with Crippen LogP contribution in [0.4, 0.5) is 0 Å². The number of hydrogen-bond donors (Lipinski definition) is 3. The Morgan fingerprint density at radius 1 is 1.18 bits per heavy atom.